The Morgan fingerprint density at radius 2 is 2.24 bits per heavy atom. The molecule has 2 rings (SSSR count). The Hall–Kier alpha value is -0.840. The van der Waals surface area contributed by atoms with E-state index < -0.39 is 5.82 Å². The van der Waals surface area contributed by atoms with Crippen LogP contribution in [0.5, 0.6) is 5.75 Å². The Kier molecular flexibility index (Phi) is 4.20. The minimum Gasteiger partial charge on any atom is -0.483 e. The van der Waals surface area contributed by atoms with Crippen molar-refractivity contribution in [2.45, 2.75) is 12.5 Å². The number of aromatic nitrogens is 1. The number of rotatable bonds is 4. The highest BCUT2D eigenvalue weighted by molar-refractivity contribution is 7.09. The Balaban J connectivity index is 2.04. The van der Waals surface area contributed by atoms with Gasteiger partial charge in [0.05, 0.1) is 16.6 Å². The van der Waals surface area contributed by atoms with E-state index in [0.29, 0.717) is 5.88 Å². The molecule has 90 valence electrons. The first-order chi connectivity index (χ1) is 8.20. The average molecular weight is 292 g/mol. The number of halogens is 3. The maximum absolute atomic E-state index is 13.5. The molecule has 1 heterocycles. The van der Waals surface area contributed by atoms with Crippen LogP contribution in [0.25, 0.3) is 0 Å². The van der Waals surface area contributed by atoms with Crippen LogP contribution in [-0.2, 0) is 12.5 Å². The third kappa shape index (κ3) is 3.09. The zero-order valence-electron chi connectivity index (χ0n) is 8.62. The molecule has 0 radical (unpaired) electrons. The molecular weight excluding hydrogens is 284 g/mol. The Morgan fingerprint density at radius 3 is 2.94 bits per heavy atom. The summed E-state index contributed by atoms with van der Waals surface area (Å²) in [5.41, 5.74) is 0.793. The molecule has 0 saturated carbocycles. The standard InChI is InChI=1S/C11H8Cl2FNOS/c12-4-7-6-17-10(15-7)5-16-9-3-1-2-8(13)11(9)14/h1-3,6H,4-5H2. The lowest BCUT2D eigenvalue weighted by Gasteiger charge is -2.05. The second-order valence-electron chi connectivity index (χ2n) is 3.21. The van der Waals surface area contributed by atoms with Gasteiger partial charge >= 0.3 is 0 Å². The third-order valence-electron chi connectivity index (χ3n) is 2.00. The van der Waals surface area contributed by atoms with Gasteiger partial charge in [-0.05, 0) is 12.1 Å². The second-order valence-corrected chi connectivity index (χ2v) is 4.82. The lowest BCUT2D eigenvalue weighted by Crippen LogP contribution is -1.97. The molecule has 1 aromatic heterocycles. The van der Waals surface area contributed by atoms with Gasteiger partial charge in [0.15, 0.2) is 11.6 Å². The van der Waals surface area contributed by atoms with Crippen LogP contribution in [0.1, 0.15) is 10.7 Å². The maximum atomic E-state index is 13.5. The van der Waals surface area contributed by atoms with Crippen molar-refractivity contribution in [1.29, 1.82) is 0 Å². The van der Waals surface area contributed by atoms with Gasteiger partial charge in [0.2, 0.25) is 0 Å². The van der Waals surface area contributed by atoms with Crippen LogP contribution in [0.4, 0.5) is 4.39 Å². The van der Waals surface area contributed by atoms with Gasteiger partial charge in [-0.3, -0.25) is 0 Å². The van der Waals surface area contributed by atoms with Crippen LogP contribution in [-0.4, -0.2) is 4.98 Å². The predicted molar refractivity (Wildman–Crippen MR) is 67.4 cm³/mol. The number of nitrogens with zero attached hydrogens (tertiary/aromatic N) is 1. The molecule has 0 N–H and O–H groups in total. The lowest BCUT2D eigenvalue weighted by molar-refractivity contribution is 0.289. The highest BCUT2D eigenvalue weighted by Gasteiger charge is 2.08. The number of hydrogen-bond acceptors (Lipinski definition) is 3. The van der Waals surface area contributed by atoms with Crippen LogP contribution in [0.2, 0.25) is 5.02 Å². The minimum absolute atomic E-state index is 0.0445. The lowest BCUT2D eigenvalue weighted by atomic mass is 10.3. The van der Waals surface area contributed by atoms with E-state index in [1.165, 1.54) is 23.5 Å². The van der Waals surface area contributed by atoms with E-state index >= 15 is 0 Å². The van der Waals surface area contributed by atoms with Gasteiger partial charge in [0.25, 0.3) is 0 Å². The summed E-state index contributed by atoms with van der Waals surface area (Å²) in [4.78, 5) is 4.20. The highest BCUT2D eigenvalue weighted by Crippen LogP contribution is 2.25. The van der Waals surface area contributed by atoms with Crippen molar-refractivity contribution in [3.63, 3.8) is 0 Å². The molecule has 0 bridgehead atoms. The number of ether oxygens (including phenoxy) is 1. The number of benzene rings is 1. The Bertz CT molecular complexity index is 518. The van der Waals surface area contributed by atoms with Gasteiger partial charge in [-0.2, -0.15) is 0 Å². The van der Waals surface area contributed by atoms with Gasteiger partial charge in [-0.25, -0.2) is 9.37 Å². The Labute approximate surface area is 112 Å². The molecule has 0 saturated heterocycles. The smallest absolute Gasteiger partial charge is 0.183 e. The summed E-state index contributed by atoms with van der Waals surface area (Å²) in [6.45, 7) is 0.207. The molecular formula is C11H8Cl2FNOS. The topological polar surface area (TPSA) is 22.1 Å². The first-order valence-corrected chi connectivity index (χ1v) is 6.56. The van der Waals surface area contributed by atoms with E-state index in [9.17, 15) is 4.39 Å². The van der Waals surface area contributed by atoms with E-state index in [-0.39, 0.29) is 17.4 Å². The van der Waals surface area contributed by atoms with Crippen LogP contribution >= 0.6 is 34.5 Å². The summed E-state index contributed by atoms with van der Waals surface area (Å²) >= 11 is 12.7. The van der Waals surface area contributed by atoms with Crippen LogP contribution in [0, 0.1) is 5.82 Å². The SMILES string of the molecule is Fc1c(Cl)cccc1OCc1nc(CCl)cs1. The van der Waals surface area contributed by atoms with E-state index in [4.69, 9.17) is 27.9 Å². The van der Waals surface area contributed by atoms with Crippen molar-refractivity contribution in [3.8, 4) is 5.75 Å². The van der Waals surface area contributed by atoms with E-state index in [1.807, 2.05) is 5.38 Å². The van der Waals surface area contributed by atoms with E-state index in [0.717, 1.165) is 10.7 Å². The van der Waals surface area contributed by atoms with Crippen molar-refractivity contribution in [2.75, 3.05) is 0 Å². The quantitative estimate of drug-likeness (QED) is 0.786. The molecule has 1 aromatic carbocycles. The molecule has 0 amide bonds. The summed E-state index contributed by atoms with van der Waals surface area (Å²) in [6.07, 6.45) is 0. The van der Waals surface area contributed by atoms with Gasteiger partial charge in [-0.15, -0.1) is 22.9 Å². The van der Waals surface area contributed by atoms with Crippen molar-refractivity contribution in [1.82, 2.24) is 4.98 Å². The van der Waals surface area contributed by atoms with Gasteiger partial charge in [-0.1, -0.05) is 17.7 Å². The predicted octanol–water partition coefficient (Wildman–Crippen LogP) is 4.25. The molecule has 0 aliphatic heterocycles. The normalized spacial score (nSPS) is 10.5. The van der Waals surface area contributed by atoms with Crippen LogP contribution in [0.3, 0.4) is 0 Å². The third-order valence-corrected chi connectivity index (χ3v) is 3.44. The molecule has 0 fully saturated rings. The average Bonchev–Trinajstić information content (AvgIpc) is 2.79. The first-order valence-electron chi connectivity index (χ1n) is 4.76. The van der Waals surface area contributed by atoms with Crippen molar-refractivity contribution < 1.29 is 9.13 Å². The summed E-state index contributed by atoms with van der Waals surface area (Å²) in [6, 6.07) is 4.63. The van der Waals surface area contributed by atoms with Crippen molar-refractivity contribution in [3.05, 3.63) is 45.1 Å². The molecule has 2 nitrogen and oxygen atoms in total. The summed E-state index contributed by atoms with van der Waals surface area (Å²) < 4.78 is 18.8. The fourth-order valence-electron chi connectivity index (χ4n) is 1.21. The fourth-order valence-corrected chi connectivity index (χ4v) is 2.31. The first kappa shape index (κ1) is 12.6. The number of alkyl halides is 1. The zero-order chi connectivity index (χ0) is 12.3. The molecule has 0 aliphatic rings. The van der Waals surface area contributed by atoms with Crippen LogP contribution in [0.15, 0.2) is 23.6 Å². The van der Waals surface area contributed by atoms with Gasteiger partial charge in [0, 0.05) is 5.38 Å². The van der Waals surface area contributed by atoms with Crippen molar-refractivity contribution >= 4 is 34.5 Å². The van der Waals surface area contributed by atoms with Gasteiger partial charge < -0.3 is 4.74 Å². The molecule has 17 heavy (non-hydrogen) atoms. The molecule has 0 unspecified atom stereocenters. The monoisotopic (exact) mass is 291 g/mol. The van der Waals surface area contributed by atoms with Gasteiger partial charge in [0.1, 0.15) is 11.6 Å². The number of thiazole rings is 1. The maximum Gasteiger partial charge on any atom is 0.183 e. The number of hydrogen-bond donors (Lipinski definition) is 0. The summed E-state index contributed by atoms with van der Waals surface area (Å²) in [5, 5.41) is 2.64. The van der Waals surface area contributed by atoms with Crippen molar-refractivity contribution in [2.24, 2.45) is 0 Å². The largest absolute Gasteiger partial charge is 0.483 e. The molecule has 6 heteroatoms. The highest BCUT2D eigenvalue weighted by atomic mass is 35.5. The summed E-state index contributed by atoms with van der Waals surface area (Å²) in [5.74, 6) is -0.0643. The van der Waals surface area contributed by atoms with E-state index in [1.54, 1.807) is 6.07 Å². The van der Waals surface area contributed by atoms with Crippen LogP contribution < -0.4 is 4.74 Å². The molecule has 0 atom stereocenters. The molecule has 0 aliphatic carbocycles. The molecule has 0 spiro atoms. The fraction of sp³-hybridized carbons (Fsp3) is 0.182. The Morgan fingerprint density at radius 1 is 1.41 bits per heavy atom. The zero-order valence-corrected chi connectivity index (χ0v) is 10.9. The minimum atomic E-state index is -0.553. The second kappa shape index (κ2) is 5.67. The summed E-state index contributed by atoms with van der Waals surface area (Å²) in [7, 11) is 0. The molecule has 2 aromatic rings. The van der Waals surface area contributed by atoms with E-state index in [2.05, 4.69) is 4.98 Å².